The van der Waals surface area contributed by atoms with Crippen LogP contribution in [0.25, 0.3) is 16.9 Å². The Kier molecular flexibility index (Phi) is 2.27. The lowest BCUT2D eigenvalue weighted by atomic mass is 10.2. The van der Waals surface area contributed by atoms with Gasteiger partial charge in [0, 0.05) is 11.8 Å². The molecule has 4 heteroatoms. The van der Waals surface area contributed by atoms with Gasteiger partial charge in [0.1, 0.15) is 11.4 Å². The highest BCUT2D eigenvalue weighted by atomic mass is 35.5. The average molecular weight is 245 g/mol. The van der Waals surface area contributed by atoms with E-state index in [2.05, 4.69) is 4.98 Å². The molecule has 0 fully saturated rings. The van der Waals surface area contributed by atoms with Crippen LogP contribution in [0.4, 0.5) is 0 Å². The van der Waals surface area contributed by atoms with Crippen LogP contribution in [-0.2, 0) is 0 Å². The van der Waals surface area contributed by atoms with Crippen LogP contribution in [0.2, 0.25) is 5.02 Å². The predicted molar refractivity (Wildman–Crippen MR) is 67.3 cm³/mol. The highest BCUT2D eigenvalue weighted by molar-refractivity contribution is 6.33. The summed E-state index contributed by atoms with van der Waals surface area (Å²) in [5, 5.41) is 10.1. The fourth-order valence-corrected chi connectivity index (χ4v) is 2.01. The number of fused-ring (bicyclic) bond motifs is 1. The van der Waals surface area contributed by atoms with Crippen molar-refractivity contribution in [2.75, 3.05) is 0 Å². The van der Waals surface area contributed by atoms with Crippen molar-refractivity contribution in [3.8, 4) is 17.0 Å². The van der Waals surface area contributed by atoms with Gasteiger partial charge in [-0.25, -0.2) is 4.98 Å². The molecular weight excluding hydrogens is 236 g/mol. The lowest BCUT2D eigenvalue weighted by Crippen LogP contribution is -1.79. The van der Waals surface area contributed by atoms with Crippen LogP contribution in [0, 0.1) is 0 Å². The minimum absolute atomic E-state index is 0.209. The fourth-order valence-electron chi connectivity index (χ4n) is 1.78. The first kappa shape index (κ1) is 10.2. The van der Waals surface area contributed by atoms with Crippen molar-refractivity contribution in [3.05, 3.63) is 53.8 Å². The first-order valence-corrected chi connectivity index (χ1v) is 5.54. The summed E-state index contributed by atoms with van der Waals surface area (Å²) in [6.45, 7) is 0. The Balaban J connectivity index is 2.22. The molecule has 0 aliphatic carbocycles. The van der Waals surface area contributed by atoms with Crippen molar-refractivity contribution >= 4 is 17.2 Å². The molecule has 0 unspecified atom stereocenters. The standard InChI is InChI=1S/C13H9ClN2O/c14-11-4-2-1-3-10(11)12-8-16-7-9(17)5-6-13(16)15-12/h1-8,17H. The molecule has 0 saturated carbocycles. The molecular formula is C13H9ClN2O. The summed E-state index contributed by atoms with van der Waals surface area (Å²) in [4.78, 5) is 4.45. The lowest BCUT2D eigenvalue weighted by molar-refractivity contribution is 0.472. The molecule has 84 valence electrons. The van der Waals surface area contributed by atoms with E-state index in [-0.39, 0.29) is 5.75 Å². The van der Waals surface area contributed by atoms with E-state index in [0.717, 1.165) is 16.9 Å². The number of rotatable bonds is 1. The molecule has 2 heterocycles. The smallest absolute Gasteiger partial charge is 0.137 e. The Bertz CT molecular complexity index is 691. The summed E-state index contributed by atoms with van der Waals surface area (Å²) in [7, 11) is 0. The van der Waals surface area contributed by atoms with E-state index in [4.69, 9.17) is 11.6 Å². The second-order valence-electron chi connectivity index (χ2n) is 3.76. The number of nitrogens with zero attached hydrogens (tertiary/aromatic N) is 2. The zero-order valence-electron chi connectivity index (χ0n) is 8.84. The van der Waals surface area contributed by atoms with Crippen LogP contribution >= 0.6 is 11.6 Å². The molecule has 0 radical (unpaired) electrons. The normalized spacial score (nSPS) is 10.9. The van der Waals surface area contributed by atoms with Gasteiger partial charge in [0.05, 0.1) is 16.9 Å². The van der Waals surface area contributed by atoms with Gasteiger partial charge in [0.25, 0.3) is 0 Å². The molecule has 0 amide bonds. The van der Waals surface area contributed by atoms with E-state index >= 15 is 0 Å². The van der Waals surface area contributed by atoms with E-state index < -0.39 is 0 Å². The van der Waals surface area contributed by atoms with Crippen molar-refractivity contribution < 1.29 is 5.11 Å². The van der Waals surface area contributed by atoms with Crippen LogP contribution in [0.5, 0.6) is 5.75 Å². The van der Waals surface area contributed by atoms with Crippen molar-refractivity contribution in [1.82, 2.24) is 9.38 Å². The Labute approximate surface area is 103 Å². The first-order valence-electron chi connectivity index (χ1n) is 5.17. The number of imidazole rings is 1. The molecule has 1 aromatic carbocycles. The van der Waals surface area contributed by atoms with E-state index in [0.29, 0.717) is 5.02 Å². The molecule has 17 heavy (non-hydrogen) atoms. The maximum absolute atomic E-state index is 9.39. The lowest BCUT2D eigenvalue weighted by Gasteiger charge is -1.97. The van der Waals surface area contributed by atoms with Crippen LogP contribution in [0.1, 0.15) is 0 Å². The molecule has 1 N–H and O–H groups in total. The Hall–Kier alpha value is -2.00. The molecule has 0 saturated heterocycles. The minimum atomic E-state index is 0.209. The summed E-state index contributed by atoms with van der Waals surface area (Å²) < 4.78 is 1.77. The highest BCUT2D eigenvalue weighted by Gasteiger charge is 2.07. The maximum Gasteiger partial charge on any atom is 0.137 e. The van der Waals surface area contributed by atoms with Crippen molar-refractivity contribution in [2.24, 2.45) is 0 Å². The van der Waals surface area contributed by atoms with Crippen molar-refractivity contribution in [1.29, 1.82) is 0 Å². The maximum atomic E-state index is 9.39. The van der Waals surface area contributed by atoms with E-state index in [1.165, 1.54) is 0 Å². The number of halogens is 1. The summed E-state index contributed by atoms with van der Waals surface area (Å²) in [5.74, 6) is 0.209. The topological polar surface area (TPSA) is 37.5 Å². The summed E-state index contributed by atoms with van der Waals surface area (Å²) >= 11 is 6.12. The third kappa shape index (κ3) is 1.74. The summed E-state index contributed by atoms with van der Waals surface area (Å²) in [6, 6.07) is 10.9. The van der Waals surface area contributed by atoms with Gasteiger partial charge >= 0.3 is 0 Å². The van der Waals surface area contributed by atoms with Crippen molar-refractivity contribution in [3.63, 3.8) is 0 Å². The molecule has 0 bridgehead atoms. The Morgan fingerprint density at radius 1 is 1.06 bits per heavy atom. The van der Waals surface area contributed by atoms with Gasteiger partial charge in [0.2, 0.25) is 0 Å². The van der Waals surface area contributed by atoms with E-state index in [1.54, 1.807) is 22.7 Å². The third-order valence-corrected chi connectivity index (χ3v) is 2.91. The molecule has 3 aromatic rings. The van der Waals surface area contributed by atoms with E-state index in [9.17, 15) is 5.11 Å². The molecule has 0 atom stereocenters. The predicted octanol–water partition coefficient (Wildman–Crippen LogP) is 3.36. The molecule has 3 rings (SSSR count). The summed E-state index contributed by atoms with van der Waals surface area (Å²) in [6.07, 6.45) is 3.46. The number of aromatic hydroxyl groups is 1. The number of benzene rings is 1. The quantitative estimate of drug-likeness (QED) is 0.713. The minimum Gasteiger partial charge on any atom is -0.506 e. The second-order valence-corrected chi connectivity index (χ2v) is 4.17. The average Bonchev–Trinajstić information content (AvgIpc) is 2.72. The fraction of sp³-hybridized carbons (Fsp3) is 0. The highest BCUT2D eigenvalue weighted by Crippen LogP contribution is 2.27. The van der Waals surface area contributed by atoms with E-state index in [1.807, 2.05) is 30.5 Å². The van der Waals surface area contributed by atoms with Gasteiger partial charge in [-0.15, -0.1) is 0 Å². The largest absolute Gasteiger partial charge is 0.506 e. The van der Waals surface area contributed by atoms with Crippen LogP contribution in [0.15, 0.2) is 48.8 Å². The number of aromatic nitrogens is 2. The van der Waals surface area contributed by atoms with Crippen LogP contribution in [-0.4, -0.2) is 14.5 Å². The molecule has 3 nitrogen and oxygen atoms in total. The molecule has 0 spiro atoms. The third-order valence-electron chi connectivity index (χ3n) is 2.59. The van der Waals surface area contributed by atoms with Gasteiger partial charge < -0.3 is 9.51 Å². The summed E-state index contributed by atoms with van der Waals surface area (Å²) in [5.41, 5.74) is 2.45. The first-order chi connectivity index (χ1) is 8.24. The van der Waals surface area contributed by atoms with Gasteiger partial charge in [-0.3, -0.25) is 0 Å². The Morgan fingerprint density at radius 2 is 1.88 bits per heavy atom. The zero-order chi connectivity index (χ0) is 11.8. The van der Waals surface area contributed by atoms with Gasteiger partial charge in [-0.05, 0) is 18.2 Å². The van der Waals surface area contributed by atoms with Gasteiger partial charge in [-0.2, -0.15) is 0 Å². The molecule has 2 aromatic heterocycles. The number of hydrogen-bond acceptors (Lipinski definition) is 2. The molecule has 0 aliphatic heterocycles. The van der Waals surface area contributed by atoms with Gasteiger partial charge in [0.15, 0.2) is 0 Å². The SMILES string of the molecule is Oc1ccc2nc(-c3ccccc3Cl)cn2c1. The Morgan fingerprint density at radius 3 is 2.71 bits per heavy atom. The second kappa shape index (κ2) is 3.79. The van der Waals surface area contributed by atoms with Gasteiger partial charge in [-0.1, -0.05) is 29.8 Å². The zero-order valence-corrected chi connectivity index (χ0v) is 9.59. The molecule has 0 aliphatic rings. The van der Waals surface area contributed by atoms with Crippen LogP contribution < -0.4 is 0 Å². The van der Waals surface area contributed by atoms with Crippen LogP contribution in [0.3, 0.4) is 0 Å². The monoisotopic (exact) mass is 244 g/mol. The number of hydrogen-bond donors (Lipinski definition) is 1. The number of pyridine rings is 1. The van der Waals surface area contributed by atoms with Crippen molar-refractivity contribution in [2.45, 2.75) is 0 Å².